The number of carbonyl (C=O) groups is 1. The van der Waals surface area contributed by atoms with E-state index in [0.29, 0.717) is 11.5 Å². The van der Waals surface area contributed by atoms with Crippen molar-refractivity contribution in [2.24, 2.45) is 5.10 Å². The molecule has 0 fully saturated rings. The van der Waals surface area contributed by atoms with Gasteiger partial charge in [-0.3, -0.25) is 4.79 Å². The van der Waals surface area contributed by atoms with Crippen LogP contribution in [0.2, 0.25) is 0 Å². The molecule has 0 radical (unpaired) electrons. The van der Waals surface area contributed by atoms with Gasteiger partial charge >= 0.3 is 0 Å². The fourth-order valence-electron chi connectivity index (χ4n) is 3.38. The van der Waals surface area contributed by atoms with Gasteiger partial charge in [-0.05, 0) is 67.5 Å². The number of benzene rings is 2. The van der Waals surface area contributed by atoms with Crippen LogP contribution < -0.4 is 14.9 Å². The SMILES string of the molecule is C/C(=N\NC(=O)C1COc2ccccc2O1)c1ccc2c(c1)CCCC2. The van der Waals surface area contributed by atoms with Gasteiger partial charge in [-0.2, -0.15) is 5.10 Å². The number of nitrogens with zero attached hydrogens (tertiary/aromatic N) is 1. The van der Waals surface area contributed by atoms with Crippen molar-refractivity contribution in [3.63, 3.8) is 0 Å². The molecule has 5 nitrogen and oxygen atoms in total. The summed E-state index contributed by atoms with van der Waals surface area (Å²) in [4.78, 5) is 12.4. The maximum Gasteiger partial charge on any atom is 0.284 e. The molecule has 1 amide bonds. The Morgan fingerprint density at radius 3 is 2.69 bits per heavy atom. The lowest BCUT2D eigenvalue weighted by atomic mass is 9.90. The van der Waals surface area contributed by atoms with E-state index in [9.17, 15) is 4.79 Å². The molecule has 0 bridgehead atoms. The second-order valence-corrected chi connectivity index (χ2v) is 6.73. The van der Waals surface area contributed by atoms with Crippen LogP contribution in [0, 0.1) is 0 Å². The van der Waals surface area contributed by atoms with Crippen LogP contribution >= 0.6 is 0 Å². The van der Waals surface area contributed by atoms with Gasteiger partial charge in [0.1, 0.15) is 6.61 Å². The zero-order chi connectivity index (χ0) is 17.9. The van der Waals surface area contributed by atoms with Crippen molar-refractivity contribution in [2.45, 2.75) is 38.7 Å². The first kappa shape index (κ1) is 16.6. The predicted octanol–water partition coefficient (Wildman–Crippen LogP) is 3.25. The number of hydrazone groups is 1. The molecule has 0 saturated carbocycles. The smallest absolute Gasteiger partial charge is 0.284 e. The second-order valence-electron chi connectivity index (χ2n) is 6.73. The molecule has 5 heteroatoms. The molecule has 4 rings (SSSR count). The average molecular weight is 350 g/mol. The summed E-state index contributed by atoms with van der Waals surface area (Å²) in [5.41, 5.74) is 7.26. The summed E-state index contributed by atoms with van der Waals surface area (Å²) in [6.07, 6.45) is 4.08. The summed E-state index contributed by atoms with van der Waals surface area (Å²) < 4.78 is 11.3. The van der Waals surface area contributed by atoms with Gasteiger partial charge in [0.25, 0.3) is 5.91 Å². The molecule has 26 heavy (non-hydrogen) atoms. The van der Waals surface area contributed by atoms with E-state index in [1.807, 2.05) is 25.1 Å². The molecule has 2 aliphatic rings. The van der Waals surface area contributed by atoms with Gasteiger partial charge in [0, 0.05) is 0 Å². The van der Waals surface area contributed by atoms with Crippen molar-refractivity contribution >= 4 is 11.6 Å². The number of nitrogens with one attached hydrogen (secondary N) is 1. The zero-order valence-electron chi connectivity index (χ0n) is 14.8. The Morgan fingerprint density at radius 2 is 1.85 bits per heavy atom. The van der Waals surface area contributed by atoms with Gasteiger partial charge in [0.05, 0.1) is 5.71 Å². The maximum atomic E-state index is 12.4. The monoisotopic (exact) mass is 350 g/mol. The van der Waals surface area contributed by atoms with Crippen LogP contribution in [-0.2, 0) is 17.6 Å². The number of carbonyl (C=O) groups excluding carboxylic acids is 1. The third-order valence-corrected chi connectivity index (χ3v) is 4.90. The van der Waals surface area contributed by atoms with Crippen molar-refractivity contribution < 1.29 is 14.3 Å². The van der Waals surface area contributed by atoms with Gasteiger partial charge in [-0.15, -0.1) is 0 Å². The molecular weight excluding hydrogens is 328 g/mol. The van der Waals surface area contributed by atoms with Crippen molar-refractivity contribution in [3.8, 4) is 11.5 Å². The molecule has 1 atom stereocenters. The molecule has 0 aromatic heterocycles. The summed E-state index contributed by atoms with van der Waals surface area (Å²) in [5, 5.41) is 4.26. The second kappa shape index (κ2) is 7.20. The van der Waals surface area contributed by atoms with E-state index in [4.69, 9.17) is 9.47 Å². The standard InChI is InChI=1S/C21H22N2O3/c1-14(16-11-10-15-6-2-3-7-17(15)12-16)22-23-21(24)20-13-25-18-8-4-5-9-19(18)26-20/h4-5,8-12,20H,2-3,6-7,13H2,1H3,(H,23,24)/b22-14+. The van der Waals surface area contributed by atoms with Gasteiger partial charge < -0.3 is 9.47 Å². The average Bonchev–Trinajstić information content (AvgIpc) is 2.71. The fourth-order valence-corrected chi connectivity index (χ4v) is 3.38. The molecule has 1 N–H and O–H groups in total. The topological polar surface area (TPSA) is 59.9 Å². The Balaban J connectivity index is 1.42. The summed E-state index contributed by atoms with van der Waals surface area (Å²) >= 11 is 0. The molecule has 1 aliphatic heterocycles. The van der Waals surface area contributed by atoms with Crippen LogP contribution in [-0.4, -0.2) is 24.3 Å². The summed E-state index contributed by atoms with van der Waals surface area (Å²) in [6.45, 7) is 2.08. The highest BCUT2D eigenvalue weighted by Gasteiger charge is 2.27. The van der Waals surface area contributed by atoms with Gasteiger partial charge in [0.2, 0.25) is 6.10 Å². The Hall–Kier alpha value is -2.82. The lowest BCUT2D eigenvalue weighted by Crippen LogP contribution is -2.42. The van der Waals surface area contributed by atoms with Crippen molar-refractivity contribution in [1.82, 2.24) is 5.43 Å². The highest BCUT2D eigenvalue weighted by molar-refractivity contribution is 5.99. The van der Waals surface area contributed by atoms with Crippen molar-refractivity contribution in [1.29, 1.82) is 0 Å². The summed E-state index contributed by atoms with van der Waals surface area (Å²) in [5.74, 6) is 0.927. The fraction of sp³-hybridized carbons (Fsp3) is 0.333. The van der Waals surface area contributed by atoms with E-state index in [-0.39, 0.29) is 12.5 Å². The third-order valence-electron chi connectivity index (χ3n) is 4.90. The van der Waals surface area contributed by atoms with Crippen LogP contribution in [0.15, 0.2) is 47.6 Å². The number of ether oxygens (including phenoxy) is 2. The van der Waals surface area contributed by atoms with Crippen LogP contribution in [0.25, 0.3) is 0 Å². The number of aryl methyl sites for hydroxylation is 2. The number of para-hydroxylation sites is 2. The lowest BCUT2D eigenvalue weighted by Gasteiger charge is -2.24. The Kier molecular flexibility index (Phi) is 4.61. The van der Waals surface area contributed by atoms with Gasteiger partial charge in [0.15, 0.2) is 11.5 Å². The van der Waals surface area contributed by atoms with E-state index >= 15 is 0 Å². The van der Waals surface area contributed by atoms with E-state index in [0.717, 1.165) is 24.1 Å². The van der Waals surface area contributed by atoms with Crippen LogP contribution in [0.3, 0.4) is 0 Å². The molecular formula is C21H22N2O3. The minimum Gasteiger partial charge on any atom is -0.485 e. The maximum absolute atomic E-state index is 12.4. The first-order valence-electron chi connectivity index (χ1n) is 9.05. The number of rotatable bonds is 3. The molecule has 1 heterocycles. The Labute approximate surface area is 153 Å². The number of hydrogen-bond donors (Lipinski definition) is 1. The predicted molar refractivity (Wildman–Crippen MR) is 99.8 cm³/mol. The first-order valence-corrected chi connectivity index (χ1v) is 9.05. The first-order chi connectivity index (χ1) is 12.7. The Morgan fingerprint density at radius 1 is 1.08 bits per heavy atom. The van der Waals surface area contributed by atoms with Crippen molar-refractivity contribution in [3.05, 3.63) is 59.2 Å². The van der Waals surface area contributed by atoms with Gasteiger partial charge in [-0.1, -0.05) is 24.3 Å². The van der Waals surface area contributed by atoms with E-state index in [2.05, 4.69) is 28.7 Å². The minimum atomic E-state index is -0.704. The zero-order valence-corrected chi connectivity index (χ0v) is 14.8. The highest BCUT2D eigenvalue weighted by Crippen LogP contribution is 2.30. The van der Waals surface area contributed by atoms with E-state index in [1.165, 1.54) is 24.0 Å². The van der Waals surface area contributed by atoms with E-state index in [1.54, 1.807) is 6.07 Å². The lowest BCUT2D eigenvalue weighted by molar-refractivity contribution is -0.130. The number of fused-ring (bicyclic) bond motifs is 2. The van der Waals surface area contributed by atoms with Gasteiger partial charge in [-0.25, -0.2) is 5.43 Å². The molecule has 134 valence electrons. The molecule has 2 aromatic carbocycles. The Bertz CT molecular complexity index is 860. The number of hydrogen-bond acceptors (Lipinski definition) is 4. The quantitative estimate of drug-likeness (QED) is 0.683. The van der Waals surface area contributed by atoms with Crippen molar-refractivity contribution in [2.75, 3.05) is 6.61 Å². The molecule has 1 unspecified atom stereocenters. The van der Waals surface area contributed by atoms with Crippen LogP contribution in [0.4, 0.5) is 0 Å². The number of amides is 1. The molecule has 0 saturated heterocycles. The van der Waals surface area contributed by atoms with E-state index < -0.39 is 6.10 Å². The normalized spacial score (nSPS) is 18.8. The minimum absolute atomic E-state index is 0.177. The summed E-state index contributed by atoms with van der Waals surface area (Å²) in [7, 11) is 0. The van der Waals surface area contributed by atoms with Crippen LogP contribution in [0.5, 0.6) is 11.5 Å². The summed E-state index contributed by atoms with van der Waals surface area (Å²) in [6, 6.07) is 13.8. The molecule has 0 spiro atoms. The molecule has 1 aliphatic carbocycles. The molecule has 2 aromatic rings. The third kappa shape index (κ3) is 3.43. The van der Waals surface area contributed by atoms with Crippen LogP contribution in [0.1, 0.15) is 36.5 Å². The largest absolute Gasteiger partial charge is 0.485 e. The highest BCUT2D eigenvalue weighted by atomic mass is 16.6.